The summed E-state index contributed by atoms with van der Waals surface area (Å²) in [5.74, 6) is -0.392. The van der Waals surface area contributed by atoms with Crippen molar-refractivity contribution in [1.29, 1.82) is 0 Å². The molecule has 2 atom stereocenters. The Bertz CT molecular complexity index is 369. The van der Waals surface area contributed by atoms with Crippen LogP contribution in [-0.2, 0) is 4.74 Å². The zero-order valence-electron chi connectivity index (χ0n) is 10.6. The van der Waals surface area contributed by atoms with Crippen LogP contribution in [0.1, 0.15) is 32.4 Å². The third-order valence-corrected chi connectivity index (χ3v) is 3.10. The molecule has 1 aromatic rings. The highest BCUT2D eigenvalue weighted by atomic mass is 35.5. The summed E-state index contributed by atoms with van der Waals surface area (Å²) in [6.07, 6.45) is -0.308. The van der Waals surface area contributed by atoms with Crippen LogP contribution in [0.3, 0.4) is 0 Å². The number of nitrogens with two attached hydrogens (primary N) is 1. The van der Waals surface area contributed by atoms with Gasteiger partial charge in [-0.25, -0.2) is 4.39 Å². The minimum Gasteiger partial charge on any atom is -0.379 e. The summed E-state index contributed by atoms with van der Waals surface area (Å²) < 4.78 is 19.2. The topological polar surface area (TPSA) is 35.2 Å². The van der Waals surface area contributed by atoms with Gasteiger partial charge < -0.3 is 10.5 Å². The van der Waals surface area contributed by atoms with E-state index < -0.39 is 11.9 Å². The first-order chi connectivity index (χ1) is 7.79. The zero-order chi connectivity index (χ0) is 13.2. The minimum absolute atomic E-state index is 0.195. The van der Waals surface area contributed by atoms with E-state index in [9.17, 15) is 4.39 Å². The number of hydrogen-bond acceptors (Lipinski definition) is 2. The second kappa shape index (κ2) is 5.34. The first-order valence-corrected chi connectivity index (χ1v) is 5.89. The highest BCUT2D eigenvalue weighted by Crippen LogP contribution is 2.34. The van der Waals surface area contributed by atoms with E-state index in [0.717, 1.165) is 0 Å². The number of ether oxygens (including phenoxy) is 1. The van der Waals surface area contributed by atoms with Gasteiger partial charge in [-0.05, 0) is 17.5 Å². The maximum Gasteiger partial charge on any atom is 0.129 e. The van der Waals surface area contributed by atoms with Crippen molar-refractivity contribution < 1.29 is 9.13 Å². The molecule has 2 N–H and O–H groups in total. The van der Waals surface area contributed by atoms with Gasteiger partial charge in [0.05, 0.1) is 12.1 Å². The average Bonchev–Trinajstić information content (AvgIpc) is 2.15. The van der Waals surface area contributed by atoms with Gasteiger partial charge in [-0.15, -0.1) is 0 Å². The van der Waals surface area contributed by atoms with Gasteiger partial charge >= 0.3 is 0 Å². The summed E-state index contributed by atoms with van der Waals surface area (Å²) in [5.41, 5.74) is 6.21. The van der Waals surface area contributed by atoms with E-state index in [2.05, 4.69) is 0 Å². The van der Waals surface area contributed by atoms with E-state index in [1.54, 1.807) is 19.2 Å². The summed E-state index contributed by atoms with van der Waals surface area (Å²) in [6, 6.07) is 3.96. The monoisotopic (exact) mass is 259 g/mol. The lowest BCUT2D eigenvalue weighted by molar-refractivity contribution is -0.00312. The van der Waals surface area contributed by atoms with Crippen molar-refractivity contribution in [2.75, 3.05) is 7.11 Å². The number of benzene rings is 1. The Morgan fingerprint density at radius 2 is 1.94 bits per heavy atom. The van der Waals surface area contributed by atoms with Gasteiger partial charge in [-0.1, -0.05) is 38.4 Å². The Morgan fingerprint density at radius 3 is 2.35 bits per heavy atom. The molecule has 0 aromatic heterocycles. The van der Waals surface area contributed by atoms with E-state index in [-0.39, 0.29) is 11.5 Å². The van der Waals surface area contributed by atoms with Crippen molar-refractivity contribution in [3.05, 3.63) is 34.6 Å². The molecule has 0 saturated carbocycles. The van der Waals surface area contributed by atoms with Gasteiger partial charge in [0, 0.05) is 17.7 Å². The summed E-state index contributed by atoms with van der Waals surface area (Å²) >= 11 is 6.00. The first kappa shape index (κ1) is 14.4. The van der Waals surface area contributed by atoms with Crippen molar-refractivity contribution in [1.82, 2.24) is 0 Å². The SMILES string of the molecule is COC(C(N)c1c(F)cccc1Cl)C(C)(C)C. The van der Waals surface area contributed by atoms with Gasteiger partial charge in [0.2, 0.25) is 0 Å². The smallest absolute Gasteiger partial charge is 0.129 e. The molecule has 0 heterocycles. The third kappa shape index (κ3) is 3.18. The third-order valence-electron chi connectivity index (χ3n) is 2.77. The molecule has 2 nitrogen and oxygen atoms in total. The first-order valence-electron chi connectivity index (χ1n) is 5.51. The highest BCUT2D eigenvalue weighted by Gasteiger charge is 2.33. The second-order valence-corrected chi connectivity index (χ2v) is 5.59. The maximum atomic E-state index is 13.8. The van der Waals surface area contributed by atoms with Gasteiger partial charge in [-0.2, -0.15) is 0 Å². The van der Waals surface area contributed by atoms with Crippen LogP contribution in [0.4, 0.5) is 4.39 Å². The fraction of sp³-hybridized carbons (Fsp3) is 0.538. The average molecular weight is 260 g/mol. The molecule has 0 bridgehead atoms. The molecule has 0 spiro atoms. The largest absolute Gasteiger partial charge is 0.379 e. The molecule has 96 valence electrons. The summed E-state index contributed by atoms with van der Waals surface area (Å²) in [7, 11) is 1.57. The van der Waals surface area contributed by atoms with E-state index in [4.69, 9.17) is 22.1 Å². The quantitative estimate of drug-likeness (QED) is 0.901. The van der Waals surface area contributed by atoms with Gasteiger partial charge in [0.15, 0.2) is 0 Å². The molecule has 1 aromatic carbocycles. The van der Waals surface area contributed by atoms with Crippen molar-refractivity contribution in [3.8, 4) is 0 Å². The van der Waals surface area contributed by atoms with Crippen LogP contribution in [0.5, 0.6) is 0 Å². The van der Waals surface area contributed by atoms with Crippen LogP contribution in [-0.4, -0.2) is 13.2 Å². The Labute approximate surface area is 107 Å². The molecule has 17 heavy (non-hydrogen) atoms. The van der Waals surface area contributed by atoms with E-state index in [1.165, 1.54) is 6.07 Å². The van der Waals surface area contributed by atoms with Crippen molar-refractivity contribution in [2.45, 2.75) is 32.9 Å². The molecule has 0 aliphatic heterocycles. The van der Waals surface area contributed by atoms with Gasteiger partial charge in [0.25, 0.3) is 0 Å². The Kier molecular flexibility index (Phi) is 4.53. The predicted octanol–water partition coefficient (Wildman–Crippen LogP) is 3.54. The van der Waals surface area contributed by atoms with Crippen molar-refractivity contribution >= 4 is 11.6 Å². The second-order valence-electron chi connectivity index (χ2n) is 5.18. The standard InChI is InChI=1S/C13H19ClFNO/c1-13(2,3)12(17-4)11(16)10-8(14)6-5-7-9(10)15/h5-7,11-12H,16H2,1-4H3. The Hall–Kier alpha value is -0.640. The number of rotatable bonds is 3. The van der Waals surface area contributed by atoms with Crippen LogP contribution in [0, 0.1) is 11.2 Å². The predicted molar refractivity (Wildman–Crippen MR) is 68.6 cm³/mol. The van der Waals surface area contributed by atoms with Gasteiger partial charge in [-0.3, -0.25) is 0 Å². The van der Waals surface area contributed by atoms with E-state index in [1.807, 2.05) is 20.8 Å². The summed E-state index contributed by atoms with van der Waals surface area (Å²) in [4.78, 5) is 0. The molecule has 0 amide bonds. The molecule has 0 aliphatic rings. The molecule has 0 fully saturated rings. The van der Waals surface area contributed by atoms with E-state index in [0.29, 0.717) is 10.6 Å². The fourth-order valence-electron chi connectivity index (χ4n) is 2.02. The summed E-state index contributed by atoms with van der Waals surface area (Å²) in [5, 5.41) is 0.337. The van der Waals surface area contributed by atoms with Crippen molar-refractivity contribution in [3.63, 3.8) is 0 Å². The summed E-state index contributed by atoms with van der Waals surface area (Å²) in [6.45, 7) is 5.99. The molecule has 2 unspecified atom stereocenters. The number of halogens is 2. The van der Waals surface area contributed by atoms with Crippen LogP contribution >= 0.6 is 11.6 Å². The molecule has 0 aliphatic carbocycles. The zero-order valence-corrected chi connectivity index (χ0v) is 11.4. The lowest BCUT2D eigenvalue weighted by atomic mass is 9.82. The minimum atomic E-state index is -0.589. The van der Waals surface area contributed by atoms with Gasteiger partial charge in [0.1, 0.15) is 5.82 Å². The van der Waals surface area contributed by atoms with Crippen LogP contribution < -0.4 is 5.73 Å². The van der Waals surface area contributed by atoms with Crippen LogP contribution in [0.15, 0.2) is 18.2 Å². The van der Waals surface area contributed by atoms with Crippen LogP contribution in [0.2, 0.25) is 5.02 Å². The lowest BCUT2D eigenvalue weighted by Crippen LogP contribution is -2.39. The highest BCUT2D eigenvalue weighted by molar-refractivity contribution is 6.31. The molecule has 0 saturated heterocycles. The van der Waals surface area contributed by atoms with Crippen LogP contribution in [0.25, 0.3) is 0 Å². The fourth-order valence-corrected chi connectivity index (χ4v) is 2.31. The molecule has 1 rings (SSSR count). The van der Waals surface area contributed by atoms with Crippen molar-refractivity contribution in [2.24, 2.45) is 11.1 Å². The number of hydrogen-bond donors (Lipinski definition) is 1. The molecule has 4 heteroatoms. The van der Waals surface area contributed by atoms with E-state index >= 15 is 0 Å². The molecular formula is C13H19ClFNO. The lowest BCUT2D eigenvalue weighted by Gasteiger charge is -2.34. The normalized spacial score (nSPS) is 15.7. The number of methoxy groups -OCH3 is 1. The molecular weight excluding hydrogens is 241 g/mol. The Morgan fingerprint density at radius 1 is 1.35 bits per heavy atom. The Balaban J connectivity index is 3.15. The molecule has 0 radical (unpaired) electrons. The maximum absolute atomic E-state index is 13.8.